The molecule has 0 saturated carbocycles. The lowest BCUT2D eigenvalue weighted by atomic mass is 10.1. The Morgan fingerprint density at radius 1 is 1.11 bits per heavy atom. The first-order valence-corrected chi connectivity index (χ1v) is 10.4. The quantitative estimate of drug-likeness (QED) is 0.679. The van der Waals surface area contributed by atoms with Crippen molar-refractivity contribution >= 4 is 32.6 Å². The Morgan fingerprint density at radius 2 is 1.81 bits per heavy atom. The van der Waals surface area contributed by atoms with Crippen LogP contribution in [0.5, 0.6) is 0 Å². The number of anilines is 1. The predicted octanol–water partition coefficient (Wildman–Crippen LogP) is 3.48. The van der Waals surface area contributed by atoms with Crippen LogP contribution in [0.15, 0.2) is 42.5 Å². The van der Waals surface area contributed by atoms with E-state index in [1.165, 1.54) is 10.5 Å². The Kier molecular flexibility index (Phi) is 6.24. The molecule has 0 radical (unpaired) electrons. The average molecular weight is 383 g/mol. The maximum Gasteiger partial charge on any atom is 0.260 e. The van der Waals surface area contributed by atoms with Gasteiger partial charge in [0.2, 0.25) is 0 Å². The SMILES string of the molecule is CC[NH+](CC)CCN(C(=O)c1ccccc1)c1nc2c(C)cc(C)cc2s1. The summed E-state index contributed by atoms with van der Waals surface area (Å²) in [5.41, 5.74) is 4.10. The van der Waals surface area contributed by atoms with E-state index >= 15 is 0 Å². The Labute approximate surface area is 165 Å². The highest BCUT2D eigenvalue weighted by Gasteiger charge is 2.23. The van der Waals surface area contributed by atoms with Gasteiger partial charge in [-0.3, -0.25) is 9.69 Å². The van der Waals surface area contributed by atoms with Gasteiger partial charge in [-0.05, 0) is 57.0 Å². The zero-order valence-corrected chi connectivity index (χ0v) is 17.4. The van der Waals surface area contributed by atoms with Crippen LogP contribution in [0.3, 0.4) is 0 Å². The second kappa shape index (κ2) is 8.63. The number of carbonyl (C=O) groups excluding carboxylic acids is 1. The van der Waals surface area contributed by atoms with Gasteiger partial charge < -0.3 is 4.90 Å². The normalized spacial score (nSPS) is 11.3. The summed E-state index contributed by atoms with van der Waals surface area (Å²) in [6, 6.07) is 13.8. The monoisotopic (exact) mass is 382 g/mol. The van der Waals surface area contributed by atoms with Crippen molar-refractivity contribution < 1.29 is 9.69 Å². The lowest BCUT2D eigenvalue weighted by Gasteiger charge is -2.23. The second-order valence-corrected chi connectivity index (χ2v) is 7.96. The molecule has 0 fully saturated rings. The number of hydrogen-bond donors (Lipinski definition) is 1. The van der Waals surface area contributed by atoms with Gasteiger partial charge in [0.15, 0.2) is 5.13 Å². The Balaban J connectivity index is 1.98. The lowest BCUT2D eigenvalue weighted by molar-refractivity contribution is -0.894. The number of amides is 1. The number of nitrogens with zero attached hydrogens (tertiary/aromatic N) is 2. The fourth-order valence-corrected chi connectivity index (χ4v) is 4.53. The first-order chi connectivity index (χ1) is 13.0. The zero-order chi connectivity index (χ0) is 19.4. The summed E-state index contributed by atoms with van der Waals surface area (Å²) in [6.07, 6.45) is 0. The third kappa shape index (κ3) is 4.37. The topological polar surface area (TPSA) is 37.6 Å². The number of likely N-dealkylation sites (N-methyl/N-ethyl adjacent to an activating group) is 1. The minimum Gasteiger partial charge on any atom is -0.334 e. The number of thiazole rings is 1. The summed E-state index contributed by atoms with van der Waals surface area (Å²) in [6.45, 7) is 12.3. The van der Waals surface area contributed by atoms with Gasteiger partial charge in [0.05, 0.1) is 36.4 Å². The van der Waals surface area contributed by atoms with Crippen LogP contribution in [0.4, 0.5) is 5.13 Å². The van der Waals surface area contributed by atoms with Gasteiger partial charge in [0.1, 0.15) is 0 Å². The summed E-state index contributed by atoms with van der Waals surface area (Å²) >= 11 is 1.61. The molecular weight excluding hydrogens is 354 g/mol. The molecule has 3 aromatic rings. The minimum atomic E-state index is 0.0237. The van der Waals surface area contributed by atoms with Gasteiger partial charge in [0, 0.05) is 5.56 Å². The highest BCUT2D eigenvalue weighted by atomic mass is 32.1. The summed E-state index contributed by atoms with van der Waals surface area (Å²) in [5, 5.41) is 0.791. The molecule has 1 heterocycles. The highest BCUT2D eigenvalue weighted by Crippen LogP contribution is 2.32. The van der Waals surface area contributed by atoms with Crippen LogP contribution >= 0.6 is 11.3 Å². The maximum atomic E-state index is 13.2. The summed E-state index contributed by atoms with van der Waals surface area (Å²) in [5.74, 6) is 0.0237. The fourth-order valence-electron chi connectivity index (χ4n) is 3.37. The van der Waals surface area contributed by atoms with E-state index in [2.05, 4.69) is 39.8 Å². The van der Waals surface area contributed by atoms with E-state index in [4.69, 9.17) is 4.98 Å². The van der Waals surface area contributed by atoms with Crippen LogP contribution in [-0.4, -0.2) is 37.1 Å². The number of benzene rings is 2. The van der Waals surface area contributed by atoms with Crippen molar-refractivity contribution in [1.29, 1.82) is 0 Å². The summed E-state index contributed by atoms with van der Waals surface area (Å²) < 4.78 is 1.14. The van der Waals surface area contributed by atoms with E-state index in [0.29, 0.717) is 12.1 Å². The average Bonchev–Trinajstić information content (AvgIpc) is 3.09. The minimum absolute atomic E-state index is 0.0237. The van der Waals surface area contributed by atoms with Gasteiger partial charge in [0.25, 0.3) is 5.91 Å². The summed E-state index contributed by atoms with van der Waals surface area (Å²) in [4.78, 5) is 21.4. The molecule has 0 unspecified atom stereocenters. The molecular formula is C22H28N3OS+. The molecule has 27 heavy (non-hydrogen) atoms. The van der Waals surface area contributed by atoms with E-state index in [1.807, 2.05) is 35.2 Å². The number of nitrogens with one attached hydrogen (secondary N) is 1. The van der Waals surface area contributed by atoms with Gasteiger partial charge in [-0.2, -0.15) is 0 Å². The van der Waals surface area contributed by atoms with Crippen molar-refractivity contribution in [2.24, 2.45) is 0 Å². The molecule has 5 heteroatoms. The first kappa shape index (κ1) is 19.5. The molecule has 142 valence electrons. The Morgan fingerprint density at radius 3 is 2.48 bits per heavy atom. The summed E-state index contributed by atoms with van der Waals surface area (Å²) in [7, 11) is 0. The van der Waals surface area contributed by atoms with Crippen molar-refractivity contribution in [3.63, 3.8) is 0 Å². The van der Waals surface area contributed by atoms with Crippen molar-refractivity contribution in [1.82, 2.24) is 4.98 Å². The number of aromatic nitrogens is 1. The standard InChI is InChI=1S/C22H27N3OS/c1-5-24(6-2)12-13-25(21(26)18-10-8-7-9-11-18)22-23-20-17(4)14-16(3)15-19(20)27-22/h7-11,14-15H,5-6,12-13H2,1-4H3/p+1. The molecule has 0 bridgehead atoms. The largest absolute Gasteiger partial charge is 0.334 e. The molecule has 1 amide bonds. The molecule has 0 atom stereocenters. The van der Waals surface area contributed by atoms with Crippen molar-refractivity contribution in [2.45, 2.75) is 27.7 Å². The molecule has 1 N–H and O–H groups in total. The molecule has 0 saturated heterocycles. The third-order valence-corrected chi connectivity index (χ3v) is 6.03. The molecule has 0 spiro atoms. The van der Waals surface area contributed by atoms with Crippen molar-refractivity contribution in [2.75, 3.05) is 31.1 Å². The van der Waals surface area contributed by atoms with E-state index in [1.54, 1.807) is 11.3 Å². The Bertz CT molecular complexity index is 916. The number of fused-ring (bicyclic) bond motifs is 1. The van der Waals surface area contributed by atoms with Crippen LogP contribution < -0.4 is 9.80 Å². The van der Waals surface area contributed by atoms with Crippen LogP contribution in [0, 0.1) is 13.8 Å². The molecule has 0 aliphatic rings. The van der Waals surface area contributed by atoms with Gasteiger partial charge in [-0.15, -0.1) is 0 Å². The fraction of sp³-hybridized carbons (Fsp3) is 0.364. The molecule has 1 aromatic heterocycles. The van der Waals surface area contributed by atoms with Crippen LogP contribution in [0.2, 0.25) is 0 Å². The van der Waals surface area contributed by atoms with Crippen molar-refractivity contribution in [3.05, 3.63) is 59.2 Å². The number of quaternary nitrogens is 1. The predicted molar refractivity (Wildman–Crippen MR) is 114 cm³/mol. The highest BCUT2D eigenvalue weighted by molar-refractivity contribution is 7.22. The Hall–Kier alpha value is -2.24. The smallest absolute Gasteiger partial charge is 0.260 e. The van der Waals surface area contributed by atoms with E-state index in [0.717, 1.165) is 40.5 Å². The van der Waals surface area contributed by atoms with Crippen molar-refractivity contribution in [3.8, 4) is 0 Å². The van der Waals surface area contributed by atoms with Crippen LogP contribution in [0.1, 0.15) is 35.3 Å². The van der Waals surface area contributed by atoms with E-state index in [-0.39, 0.29) is 5.91 Å². The third-order valence-electron chi connectivity index (χ3n) is 5.00. The number of carbonyl (C=O) groups is 1. The first-order valence-electron chi connectivity index (χ1n) is 9.61. The lowest BCUT2D eigenvalue weighted by Crippen LogP contribution is -3.12. The molecule has 4 nitrogen and oxygen atoms in total. The van der Waals surface area contributed by atoms with Crippen LogP contribution in [-0.2, 0) is 0 Å². The molecule has 3 rings (SSSR count). The molecule has 0 aliphatic carbocycles. The molecule has 0 aliphatic heterocycles. The number of rotatable bonds is 7. The zero-order valence-electron chi connectivity index (χ0n) is 16.6. The van der Waals surface area contributed by atoms with Gasteiger partial charge >= 0.3 is 0 Å². The maximum absolute atomic E-state index is 13.2. The van der Waals surface area contributed by atoms with E-state index < -0.39 is 0 Å². The van der Waals surface area contributed by atoms with Gasteiger partial charge in [-0.1, -0.05) is 35.6 Å². The second-order valence-electron chi connectivity index (χ2n) is 6.95. The molecule has 2 aromatic carbocycles. The number of aryl methyl sites for hydroxylation is 2. The number of hydrogen-bond acceptors (Lipinski definition) is 3. The van der Waals surface area contributed by atoms with Crippen LogP contribution in [0.25, 0.3) is 10.2 Å². The van der Waals surface area contributed by atoms with Gasteiger partial charge in [-0.25, -0.2) is 4.98 Å². The van der Waals surface area contributed by atoms with E-state index in [9.17, 15) is 4.79 Å².